The molecule has 0 radical (unpaired) electrons. The van der Waals surface area contributed by atoms with Gasteiger partial charge in [-0.3, -0.25) is 14.7 Å². The molecule has 0 spiro atoms. The zero-order chi connectivity index (χ0) is 20.3. The predicted octanol–water partition coefficient (Wildman–Crippen LogP) is 2.59. The van der Waals surface area contributed by atoms with Gasteiger partial charge >= 0.3 is 0 Å². The summed E-state index contributed by atoms with van der Waals surface area (Å²) in [7, 11) is -2.71. The Morgan fingerprint density at radius 2 is 1.86 bits per heavy atom. The molecule has 2 N–H and O–H groups in total. The zero-order valence-electron chi connectivity index (χ0n) is 15.1. The molecule has 0 saturated heterocycles. The monoisotopic (exact) mass is 405 g/mol. The average Bonchev–Trinajstić information content (AvgIpc) is 2.67. The van der Waals surface area contributed by atoms with Gasteiger partial charge in [-0.2, -0.15) is 8.42 Å². The summed E-state index contributed by atoms with van der Waals surface area (Å²) < 4.78 is 56.1. The molecule has 3 rings (SSSR count). The van der Waals surface area contributed by atoms with E-state index in [9.17, 15) is 17.2 Å². The Kier molecular flexibility index (Phi) is 5.61. The van der Waals surface area contributed by atoms with Crippen LogP contribution in [0.1, 0.15) is 16.7 Å². The third kappa shape index (κ3) is 4.12. The van der Waals surface area contributed by atoms with Crippen molar-refractivity contribution in [1.29, 1.82) is 0 Å². The van der Waals surface area contributed by atoms with Crippen molar-refractivity contribution in [2.45, 2.75) is 13.3 Å². The maximum atomic E-state index is 14.7. The lowest BCUT2D eigenvalue weighted by Gasteiger charge is -2.13. The molecule has 0 atom stereocenters. The molecule has 3 aromatic rings. The molecule has 0 amide bonds. The van der Waals surface area contributed by atoms with Gasteiger partial charge in [0.15, 0.2) is 11.6 Å². The van der Waals surface area contributed by atoms with Crippen LogP contribution in [-0.2, 0) is 16.6 Å². The van der Waals surface area contributed by atoms with E-state index in [0.29, 0.717) is 16.7 Å². The summed E-state index contributed by atoms with van der Waals surface area (Å²) in [6.07, 6.45) is 5.95. The van der Waals surface area contributed by atoms with Crippen molar-refractivity contribution in [3.8, 4) is 11.3 Å². The van der Waals surface area contributed by atoms with Gasteiger partial charge in [0.25, 0.3) is 10.2 Å². The smallest absolute Gasteiger partial charge is 0.264 e. The molecule has 0 aliphatic rings. The number of nitrogens with one attached hydrogen (secondary N) is 2. The van der Waals surface area contributed by atoms with Gasteiger partial charge in [0.1, 0.15) is 11.5 Å². The van der Waals surface area contributed by atoms with Crippen LogP contribution in [0.2, 0.25) is 0 Å². The Hall–Kier alpha value is -2.98. The molecule has 0 unspecified atom stereocenters. The second-order valence-electron chi connectivity index (χ2n) is 5.92. The number of anilines is 1. The lowest BCUT2D eigenvalue weighted by Crippen LogP contribution is -2.27. The summed E-state index contributed by atoms with van der Waals surface area (Å²) in [4.78, 5) is 11.9. The molecule has 146 valence electrons. The fourth-order valence-corrected chi connectivity index (χ4v) is 3.14. The average molecular weight is 405 g/mol. The van der Waals surface area contributed by atoms with Gasteiger partial charge in [0.05, 0.1) is 0 Å². The SMILES string of the molecule is CNS(=O)(=O)Nc1nccc(Cc2cncc(-c3ncccc3F)c2C)c1F. The quantitative estimate of drug-likeness (QED) is 0.657. The molecular formula is C18H17F2N5O2S. The van der Waals surface area contributed by atoms with Gasteiger partial charge in [-0.05, 0) is 41.8 Å². The minimum Gasteiger partial charge on any atom is -0.264 e. The third-order valence-corrected chi connectivity index (χ3v) is 5.18. The summed E-state index contributed by atoms with van der Waals surface area (Å²) >= 11 is 0. The molecule has 0 fully saturated rings. The molecule has 3 aromatic heterocycles. The summed E-state index contributed by atoms with van der Waals surface area (Å²) in [5.41, 5.74) is 2.22. The Labute approximate surface area is 161 Å². The first-order chi connectivity index (χ1) is 13.3. The normalized spacial score (nSPS) is 11.4. The lowest BCUT2D eigenvalue weighted by atomic mass is 9.98. The highest BCUT2D eigenvalue weighted by Crippen LogP contribution is 2.27. The molecule has 28 heavy (non-hydrogen) atoms. The fraction of sp³-hybridized carbons (Fsp3) is 0.167. The van der Waals surface area contributed by atoms with E-state index >= 15 is 0 Å². The topological polar surface area (TPSA) is 96.9 Å². The van der Waals surface area contributed by atoms with Crippen LogP contribution in [0, 0.1) is 18.6 Å². The van der Waals surface area contributed by atoms with Crippen molar-refractivity contribution >= 4 is 16.0 Å². The van der Waals surface area contributed by atoms with E-state index < -0.39 is 27.7 Å². The number of hydrogen-bond donors (Lipinski definition) is 2. The van der Waals surface area contributed by atoms with E-state index in [1.807, 2.05) is 9.44 Å². The Morgan fingerprint density at radius 1 is 1.07 bits per heavy atom. The van der Waals surface area contributed by atoms with Crippen molar-refractivity contribution in [2.24, 2.45) is 0 Å². The molecule has 0 bridgehead atoms. The van der Waals surface area contributed by atoms with Crippen LogP contribution in [0.4, 0.5) is 14.6 Å². The number of pyridine rings is 3. The summed E-state index contributed by atoms with van der Waals surface area (Å²) in [6.45, 7) is 1.77. The number of hydrogen-bond acceptors (Lipinski definition) is 5. The molecule has 7 nitrogen and oxygen atoms in total. The highest BCUT2D eigenvalue weighted by atomic mass is 32.2. The summed E-state index contributed by atoms with van der Waals surface area (Å²) in [6, 6.07) is 4.24. The first kappa shape index (κ1) is 19.8. The van der Waals surface area contributed by atoms with Gasteiger partial charge in [0.2, 0.25) is 0 Å². The molecule has 3 heterocycles. The zero-order valence-corrected chi connectivity index (χ0v) is 15.9. The van der Waals surface area contributed by atoms with Crippen molar-refractivity contribution in [1.82, 2.24) is 19.7 Å². The van der Waals surface area contributed by atoms with Gasteiger partial charge in [0, 0.05) is 43.8 Å². The van der Waals surface area contributed by atoms with E-state index in [1.54, 1.807) is 13.1 Å². The molecule has 0 aromatic carbocycles. The van der Waals surface area contributed by atoms with Crippen LogP contribution in [0.25, 0.3) is 11.3 Å². The number of halogens is 2. The summed E-state index contributed by atoms with van der Waals surface area (Å²) in [5.74, 6) is -1.69. The minimum absolute atomic E-state index is 0.115. The number of aromatic nitrogens is 3. The number of rotatable bonds is 6. The van der Waals surface area contributed by atoms with Crippen molar-refractivity contribution in [3.05, 3.63) is 71.3 Å². The van der Waals surface area contributed by atoms with Gasteiger partial charge in [-0.25, -0.2) is 18.5 Å². The largest absolute Gasteiger partial charge is 0.300 e. The van der Waals surface area contributed by atoms with Gasteiger partial charge in [-0.15, -0.1) is 0 Å². The van der Waals surface area contributed by atoms with Crippen molar-refractivity contribution in [2.75, 3.05) is 11.8 Å². The van der Waals surface area contributed by atoms with E-state index in [4.69, 9.17) is 0 Å². The summed E-state index contributed by atoms with van der Waals surface area (Å²) in [5, 5.41) is 0. The molecule has 10 heteroatoms. The Bertz CT molecular complexity index is 1120. The van der Waals surface area contributed by atoms with E-state index in [1.165, 1.54) is 43.8 Å². The molecule has 0 saturated carbocycles. The van der Waals surface area contributed by atoms with Crippen LogP contribution >= 0.6 is 0 Å². The standard InChI is InChI=1S/C18H17F2N5O2S/c1-11-13(9-22-10-14(11)17-15(19)4-3-6-23-17)8-12-5-7-24-18(16(12)20)25-28(26,27)21-2/h3-7,9-10,21H,8H2,1-2H3,(H,24,25). The van der Waals surface area contributed by atoms with Crippen molar-refractivity contribution in [3.63, 3.8) is 0 Å². The van der Waals surface area contributed by atoms with Crippen molar-refractivity contribution < 1.29 is 17.2 Å². The van der Waals surface area contributed by atoms with Gasteiger partial charge in [-0.1, -0.05) is 0 Å². The highest BCUT2D eigenvalue weighted by molar-refractivity contribution is 7.90. The molecule has 0 aliphatic heterocycles. The second-order valence-corrected chi connectivity index (χ2v) is 7.54. The van der Waals surface area contributed by atoms with E-state index in [2.05, 4.69) is 15.0 Å². The highest BCUT2D eigenvalue weighted by Gasteiger charge is 2.17. The Morgan fingerprint density at radius 3 is 2.57 bits per heavy atom. The first-order valence-corrected chi connectivity index (χ1v) is 9.69. The molecule has 0 aliphatic carbocycles. The number of nitrogens with zero attached hydrogens (tertiary/aromatic N) is 3. The third-order valence-electron chi connectivity index (χ3n) is 4.18. The predicted molar refractivity (Wildman–Crippen MR) is 101 cm³/mol. The van der Waals surface area contributed by atoms with Gasteiger partial charge < -0.3 is 0 Å². The minimum atomic E-state index is -3.91. The fourth-order valence-electron chi connectivity index (χ4n) is 2.64. The van der Waals surface area contributed by atoms with Crippen LogP contribution in [0.15, 0.2) is 43.0 Å². The van der Waals surface area contributed by atoms with Crippen LogP contribution < -0.4 is 9.44 Å². The first-order valence-electron chi connectivity index (χ1n) is 8.21. The van der Waals surface area contributed by atoms with E-state index in [-0.39, 0.29) is 17.7 Å². The van der Waals surface area contributed by atoms with Crippen LogP contribution in [-0.4, -0.2) is 30.4 Å². The molecular weight excluding hydrogens is 388 g/mol. The Balaban J connectivity index is 1.97. The second kappa shape index (κ2) is 7.95. The maximum absolute atomic E-state index is 14.7. The maximum Gasteiger partial charge on any atom is 0.300 e. The van der Waals surface area contributed by atoms with Crippen LogP contribution in [0.3, 0.4) is 0 Å². The van der Waals surface area contributed by atoms with Crippen LogP contribution in [0.5, 0.6) is 0 Å². The van der Waals surface area contributed by atoms with E-state index in [0.717, 1.165) is 0 Å². The lowest BCUT2D eigenvalue weighted by molar-refractivity contribution is 0.589.